The fraction of sp³-hybridized carbons (Fsp3) is 0.636. The van der Waals surface area contributed by atoms with E-state index in [0.717, 1.165) is 50.8 Å². The van der Waals surface area contributed by atoms with Crippen LogP contribution in [-0.2, 0) is 4.74 Å². The van der Waals surface area contributed by atoms with Crippen LogP contribution in [0, 0.1) is 0 Å². The van der Waals surface area contributed by atoms with Crippen LogP contribution in [0.4, 0.5) is 5.69 Å². The molecule has 0 bridgehead atoms. The third-order valence-corrected chi connectivity index (χ3v) is 3.73. The van der Waals surface area contributed by atoms with E-state index >= 15 is 0 Å². The van der Waals surface area contributed by atoms with Crippen molar-refractivity contribution in [2.45, 2.75) is 6.10 Å². The van der Waals surface area contributed by atoms with Crippen molar-refractivity contribution < 1.29 is 9.47 Å². The van der Waals surface area contributed by atoms with Crippen LogP contribution in [-0.4, -0.2) is 50.4 Å². The molecule has 1 fully saturated rings. The van der Waals surface area contributed by atoms with E-state index in [1.54, 1.807) is 11.3 Å². The fourth-order valence-corrected chi connectivity index (χ4v) is 2.83. The van der Waals surface area contributed by atoms with Gasteiger partial charge in [-0.25, -0.2) is 0 Å². The summed E-state index contributed by atoms with van der Waals surface area (Å²) in [4.78, 5) is 2.41. The van der Waals surface area contributed by atoms with Crippen molar-refractivity contribution in [3.05, 3.63) is 10.8 Å². The van der Waals surface area contributed by atoms with Gasteiger partial charge in [-0.2, -0.15) is 0 Å². The average molecular weight is 240 g/mol. The summed E-state index contributed by atoms with van der Waals surface area (Å²) < 4.78 is 11.3. The van der Waals surface area contributed by atoms with Crippen LogP contribution in [0.1, 0.15) is 0 Å². The molecule has 0 saturated carbocycles. The number of fused-ring (bicyclic) bond motifs is 1. The van der Waals surface area contributed by atoms with E-state index in [9.17, 15) is 0 Å². The number of hydrogen-bond donors (Lipinski definition) is 1. The predicted octanol–water partition coefficient (Wildman–Crippen LogP) is 1.25. The lowest BCUT2D eigenvalue weighted by molar-refractivity contribution is 0.0203. The molecule has 1 aromatic heterocycles. The minimum absolute atomic E-state index is 0.264. The molecule has 1 N–H and O–H groups in total. The maximum Gasteiger partial charge on any atom is 0.153 e. The van der Waals surface area contributed by atoms with Crippen molar-refractivity contribution in [3.63, 3.8) is 0 Å². The van der Waals surface area contributed by atoms with E-state index in [4.69, 9.17) is 9.47 Å². The molecule has 16 heavy (non-hydrogen) atoms. The van der Waals surface area contributed by atoms with Gasteiger partial charge >= 0.3 is 0 Å². The van der Waals surface area contributed by atoms with Crippen LogP contribution in [0.5, 0.6) is 5.75 Å². The van der Waals surface area contributed by atoms with Gasteiger partial charge in [-0.15, -0.1) is 11.3 Å². The first-order valence-corrected chi connectivity index (χ1v) is 6.63. The second-order valence-corrected chi connectivity index (χ2v) is 4.93. The smallest absolute Gasteiger partial charge is 0.153 e. The molecular formula is C11H16N2O2S. The molecule has 2 aliphatic heterocycles. The number of morpholine rings is 1. The van der Waals surface area contributed by atoms with Crippen molar-refractivity contribution in [3.8, 4) is 5.75 Å². The monoisotopic (exact) mass is 240 g/mol. The second kappa shape index (κ2) is 4.61. The molecule has 0 amide bonds. The molecule has 0 radical (unpaired) electrons. The lowest BCUT2D eigenvalue weighted by atomic mass is 10.2. The molecule has 5 heteroatoms. The molecule has 1 unspecified atom stereocenters. The molecule has 3 heterocycles. The third-order valence-electron chi connectivity index (χ3n) is 3.01. The molecule has 1 aromatic rings. The van der Waals surface area contributed by atoms with Gasteiger partial charge in [0.25, 0.3) is 0 Å². The lowest BCUT2D eigenvalue weighted by Gasteiger charge is -2.32. The van der Waals surface area contributed by atoms with Crippen molar-refractivity contribution >= 4 is 17.0 Å². The molecule has 1 atom stereocenters. The topological polar surface area (TPSA) is 33.7 Å². The van der Waals surface area contributed by atoms with E-state index in [1.165, 1.54) is 0 Å². The molecular weight excluding hydrogens is 224 g/mol. The van der Waals surface area contributed by atoms with Gasteiger partial charge in [0.2, 0.25) is 0 Å². The van der Waals surface area contributed by atoms with Crippen molar-refractivity contribution in [1.29, 1.82) is 0 Å². The Hall–Kier alpha value is -0.780. The quantitative estimate of drug-likeness (QED) is 0.843. The van der Waals surface area contributed by atoms with E-state index in [0.29, 0.717) is 0 Å². The summed E-state index contributed by atoms with van der Waals surface area (Å²) in [5.41, 5.74) is 1.14. The number of thiophene rings is 1. The SMILES string of the molecule is c1scc2c1NCC(CN1CCOCC1)O2. The van der Waals surface area contributed by atoms with Crippen LogP contribution in [0.15, 0.2) is 10.8 Å². The Kier molecular flexibility index (Phi) is 2.99. The lowest BCUT2D eigenvalue weighted by Crippen LogP contribution is -2.45. The number of ether oxygens (including phenoxy) is 2. The van der Waals surface area contributed by atoms with Gasteiger partial charge in [0, 0.05) is 30.4 Å². The first-order chi connectivity index (χ1) is 7.92. The maximum absolute atomic E-state index is 5.94. The minimum Gasteiger partial charge on any atom is -0.484 e. The average Bonchev–Trinajstić information content (AvgIpc) is 2.77. The van der Waals surface area contributed by atoms with Gasteiger partial charge in [-0.1, -0.05) is 0 Å². The highest BCUT2D eigenvalue weighted by Gasteiger charge is 2.23. The maximum atomic E-state index is 5.94. The zero-order chi connectivity index (χ0) is 10.8. The van der Waals surface area contributed by atoms with Gasteiger partial charge < -0.3 is 14.8 Å². The Morgan fingerprint density at radius 3 is 3.12 bits per heavy atom. The van der Waals surface area contributed by atoms with Gasteiger partial charge in [0.1, 0.15) is 6.10 Å². The normalized spacial score (nSPS) is 25.6. The Morgan fingerprint density at radius 2 is 2.25 bits per heavy atom. The predicted molar refractivity (Wildman–Crippen MR) is 64.5 cm³/mol. The molecule has 4 nitrogen and oxygen atoms in total. The third kappa shape index (κ3) is 2.16. The number of hydrogen-bond acceptors (Lipinski definition) is 5. The van der Waals surface area contributed by atoms with Gasteiger partial charge in [0.15, 0.2) is 5.75 Å². The number of nitrogens with zero attached hydrogens (tertiary/aromatic N) is 1. The standard InChI is InChI=1S/C11H16N2O2S/c1-3-14-4-2-13(1)6-9-5-12-10-7-16-8-11(10)15-9/h7-9,12H,1-6H2. The van der Waals surface area contributed by atoms with Crippen LogP contribution >= 0.6 is 11.3 Å². The summed E-state index contributed by atoms with van der Waals surface area (Å²) >= 11 is 1.68. The van der Waals surface area contributed by atoms with E-state index < -0.39 is 0 Å². The van der Waals surface area contributed by atoms with E-state index in [1.807, 2.05) is 0 Å². The summed E-state index contributed by atoms with van der Waals surface area (Å²) in [5.74, 6) is 1.01. The number of rotatable bonds is 2. The fourth-order valence-electron chi connectivity index (χ4n) is 2.12. The molecule has 2 aliphatic rings. The van der Waals surface area contributed by atoms with Crippen LogP contribution in [0.2, 0.25) is 0 Å². The van der Waals surface area contributed by atoms with Crippen molar-refractivity contribution in [1.82, 2.24) is 4.90 Å². The Bertz CT molecular complexity index is 350. The number of anilines is 1. The van der Waals surface area contributed by atoms with Gasteiger partial charge in [0.05, 0.1) is 25.4 Å². The minimum atomic E-state index is 0.264. The summed E-state index contributed by atoms with van der Waals surface area (Å²) in [5, 5.41) is 7.57. The zero-order valence-electron chi connectivity index (χ0n) is 9.15. The summed E-state index contributed by atoms with van der Waals surface area (Å²) in [6.45, 7) is 5.65. The molecule has 0 aliphatic carbocycles. The first kappa shape index (κ1) is 10.4. The molecule has 0 spiro atoms. The zero-order valence-corrected chi connectivity index (χ0v) is 9.96. The summed E-state index contributed by atoms with van der Waals surface area (Å²) in [7, 11) is 0. The van der Waals surface area contributed by atoms with Crippen LogP contribution in [0.25, 0.3) is 0 Å². The van der Waals surface area contributed by atoms with Gasteiger partial charge in [-0.3, -0.25) is 4.90 Å². The summed E-state index contributed by atoms with van der Waals surface area (Å²) in [6, 6.07) is 0. The summed E-state index contributed by atoms with van der Waals surface area (Å²) in [6.07, 6.45) is 0.264. The molecule has 0 aromatic carbocycles. The van der Waals surface area contributed by atoms with Gasteiger partial charge in [-0.05, 0) is 0 Å². The highest BCUT2D eigenvalue weighted by molar-refractivity contribution is 7.08. The Labute approximate surface area is 99.2 Å². The van der Waals surface area contributed by atoms with E-state index in [-0.39, 0.29) is 6.10 Å². The number of nitrogens with one attached hydrogen (secondary N) is 1. The first-order valence-electron chi connectivity index (χ1n) is 5.68. The van der Waals surface area contributed by atoms with Crippen molar-refractivity contribution in [2.24, 2.45) is 0 Å². The molecule has 88 valence electrons. The molecule has 1 saturated heterocycles. The second-order valence-electron chi connectivity index (χ2n) is 4.18. The Balaban J connectivity index is 1.57. The van der Waals surface area contributed by atoms with E-state index in [2.05, 4.69) is 21.0 Å². The van der Waals surface area contributed by atoms with Crippen LogP contribution in [0.3, 0.4) is 0 Å². The highest BCUT2D eigenvalue weighted by Crippen LogP contribution is 2.32. The molecule has 3 rings (SSSR count). The van der Waals surface area contributed by atoms with Crippen LogP contribution < -0.4 is 10.1 Å². The van der Waals surface area contributed by atoms with Crippen molar-refractivity contribution in [2.75, 3.05) is 44.7 Å². The largest absolute Gasteiger partial charge is 0.484 e. The highest BCUT2D eigenvalue weighted by atomic mass is 32.1. The Morgan fingerprint density at radius 1 is 1.38 bits per heavy atom.